The van der Waals surface area contributed by atoms with Gasteiger partial charge in [-0.2, -0.15) is 4.31 Å². The Hall–Kier alpha value is -3.94. The maximum absolute atomic E-state index is 13.3. The van der Waals surface area contributed by atoms with Crippen molar-refractivity contribution >= 4 is 99.0 Å². The van der Waals surface area contributed by atoms with Gasteiger partial charge in [0.25, 0.3) is 11.8 Å². The van der Waals surface area contributed by atoms with E-state index in [0.717, 1.165) is 81.9 Å². The molecule has 0 saturated carbocycles. The molecule has 3 aliphatic rings. The fraction of sp³-hybridized carbons (Fsp3) is 0.429. The highest BCUT2D eigenvalue weighted by Gasteiger charge is 2.38. The minimum absolute atomic E-state index is 0.0000510. The summed E-state index contributed by atoms with van der Waals surface area (Å²) in [4.78, 5) is 41.1. The quantitative estimate of drug-likeness (QED) is 0.104. The molecule has 7 heterocycles. The average molecular weight is 1190 g/mol. The molecule has 0 radical (unpaired) electrons. The Kier molecular flexibility index (Phi) is 20.0. The van der Waals surface area contributed by atoms with Crippen LogP contribution in [-0.4, -0.2) is 115 Å². The van der Waals surface area contributed by atoms with Crippen molar-refractivity contribution in [2.24, 2.45) is 5.73 Å². The number of halogens is 4. The summed E-state index contributed by atoms with van der Waals surface area (Å²) in [5.41, 5.74) is 15.4. The normalized spacial score (nSPS) is 18.1. The van der Waals surface area contributed by atoms with Crippen LogP contribution in [0.25, 0.3) is 43.1 Å². The molecule has 2 unspecified atom stereocenters. The monoisotopic (exact) mass is 1190 g/mol. The first-order chi connectivity index (χ1) is 35.8. The first kappa shape index (κ1) is 59.7. The van der Waals surface area contributed by atoms with Gasteiger partial charge >= 0.3 is 0 Å². The van der Waals surface area contributed by atoms with Gasteiger partial charge in [-0.1, -0.05) is 76.9 Å². The molecule has 20 heteroatoms. The summed E-state index contributed by atoms with van der Waals surface area (Å²) in [5.74, 6) is 0.412. The van der Waals surface area contributed by atoms with E-state index in [1.807, 2.05) is 53.7 Å². The number of rotatable bonds is 10. The van der Waals surface area contributed by atoms with Crippen molar-refractivity contribution < 1.29 is 26.4 Å². The van der Waals surface area contributed by atoms with Gasteiger partial charge in [0.1, 0.15) is 0 Å². The molecular weight excluding hydrogens is 1120 g/mol. The second-order valence-electron chi connectivity index (χ2n) is 21.4. The van der Waals surface area contributed by atoms with E-state index < -0.39 is 19.1 Å². The molecule has 0 bridgehead atoms. The highest BCUT2D eigenvalue weighted by Crippen LogP contribution is 2.39. The largest absolute Gasteiger partial charge is 0.337 e. The van der Waals surface area contributed by atoms with E-state index >= 15 is 0 Å². The number of thiophene rings is 2. The molecule has 0 aliphatic carbocycles. The van der Waals surface area contributed by atoms with Crippen LogP contribution in [0, 0.1) is 0 Å². The van der Waals surface area contributed by atoms with Crippen LogP contribution in [0.4, 0.5) is 0 Å². The number of sulfonamides is 1. The maximum atomic E-state index is 13.3. The summed E-state index contributed by atoms with van der Waals surface area (Å²) in [5, 5.41) is 5.30. The first-order valence-corrected chi connectivity index (χ1v) is 32.5. The molecule has 3 aliphatic heterocycles. The fourth-order valence-electron chi connectivity index (χ4n) is 9.24. The van der Waals surface area contributed by atoms with E-state index in [1.165, 1.54) is 4.88 Å². The van der Waals surface area contributed by atoms with Crippen molar-refractivity contribution in [3.63, 3.8) is 0 Å². The summed E-state index contributed by atoms with van der Waals surface area (Å²) in [6, 6.07) is 23.6. The predicted molar refractivity (Wildman–Crippen MR) is 316 cm³/mol. The van der Waals surface area contributed by atoms with Crippen LogP contribution in [0.3, 0.4) is 0 Å². The van der Waals surface area contributed by atoms with Gasteiger partial charge < -0.3 is 15.5 Å². The lowest BCUT2D eigenvalue weighted by atomic mass is 9.90. The van der Waals surface area contributed by atoms with E-state index in [-0.39, 0.29) is 46.2 Å². The molecule has 2 aromatic carbocycles. The molecule has 76 heavy (non-hydrogen) atoms. The van der Waals surface area contributed by atoms with Crippen LogP contribution in [0.15, 0.2) is 96.0 Å². The number of benzene rings is 2. The van der Waals surface area contributed by atoms with Gasteiger partial charge in [-0.25, -0.2) is 16.8 Å². The molecule has 0 spiro atoms. The summed E-state index contributed by atoms with van der Waals surface area (Å²) in [6.07, 6.45) is 8.30. The van der Waals surface area contributed by atoms with Crippen LogP contribution in [0.5, 0.6) is 0 Å². The number of aromatic nitrogens is 2. The number of nitrogens with two attached hydrogens (primary N) is 1. The summed E-state index contributed by atoms with van der Waals surface area (Å²) >= 11 is 21.8. The molecule has 3 fully saturated rings. The molecule has 3 saturated heterocycles. The van der Waals surface area contributed by atoms with Gasteiger partial charge in [0.2, 0.25) is 19.1 Å². The Morgan fingerprint density at radius 1 is 0.684 bits per heavy atom. The van der Waals surface area contributed by atoms with Gasteiger partial charge in [0.15, 0.2) is 0 Å². The van der Waals surface area contributed by atoms with E-state index in [1.54, 1.807) is 44.0 Å². The van der Waals surface area contributed by atoms with E-state index in [2.05, 4.69) is 86.5 Å². The predicted octanol–water partition coefficient (Wildman–Crippen LogP) is 13.2. The lowest BCUT2D eigenvalue weighted by Crippen LogP contribution is -2.50. The third-order valence-electron chi connectivity index (χ3n) is 13.4. The van der Waals surface area contributed by atoms with E-state index in [9.17, 15) is 26.4 Å². The number of nitrogens with zero attached hydrogens (tertiary/aromatic N) is 5. The molecule has 12 nitrogen and oxygen atoms in total. The van der Waals surface area contributed by atoms with Crippen molar-refractivity contribution in [1.29, 1.82) is 0 Å². The van der Waals surface area contributed by atoms with E-state index in [4.69, 9.17) is 51.2 Å². The van der Waals surface area contributed by atoms with Crippen LogP contribution in [-0.2, 0) is 29.9 Å². The molecule has 2 amide bonds. The van der Waals surface area contributed by atoms with Gasteiger partial charge in [0, 0.05) is 138 Å². The molecule has 2 N–H and O–H groups in total. The van der Waals surface area contributed by atoms with Crippen molar-refractivity contribution in [1.82, 2.24) is 24.1 Å². The third kappa shape index (κ3) is 15.7. The first-order valence-electron chi connectivity index (χ1n) is 25.3. The molecule has 9 rings (SSSR count). The Bertz CT molecular complexity index is 3250. The number of amides is 2. The average Bonchev–Trinajstić information content (AvgIpc) is 4.16. The Morgan fingerprint density at radius 2 is 1.17 bits per heavy atom. The van der Waals surface area contributed by atoms with Crippen LogP contribution >= 0.6 is 68.2 Å². The highest BCUT2D eigenvalue weighted by atomic mass is 35.7. The Labute approximate surface area is 476 Å². The minimum atomic E-state index is -3.30. The van der Waals surface area contributed by atoms with Gasteiger partial charge in [0.05, 0.1) is 11.5 Å². The number of pyridine rings is 2. The van der Waals surface area contributed by atoms with Crippen molar-refractivity contribution in [3.05, 3.63) is 129 Å². The summed E-state index contributed by atoms with van der Waals surface area (Å²) < 4.78 is 46.6. The zero-order valence-electron chi connectivity index (χ0n) is 43.7. The molecule has 2 atom stereocenters. The number of hydrogen-bond donors (Lipinski definition) is 1. The molecule has 6 aromatic rings. The lowest BCUT2D eigenvalue weighted by molar-refractivity contribution is 0.0658. The molecular formula is C56H66Cl4N6O6S4. The third-order valence-corrected chi connectivity index (χ3v) is 19.5. The van der Waals surface area contributed by atoms with Crippen molar-refractivity contribution in [2.45, 2.75) is 103 Å². The smallest absolute Gasteiger partial charge is 0.253 e. The van der Waals surface area contributed by atoms with Crippen LogP contribution < -0.4 is 5.73 Å². The standard InChI is InChI=1S/C28H32ClN3O3S2.C25H28ClN3OS.C3H6Cl2O2S/c1-28(2,3)26-16-19(9-10-30-26)25-15-21(18-36-25)23-8-7-20(14-24(23)29)27(33)31-11-4-6-22(17-31)32-12-5-13-37(32,34)35;1-25(2,3)23-13-16(8-9-28-23)22-12-18(15-31-22)20-7-6-17(11-21(20)26)24(30)29-10-4-5-19(27)14-29;4-2-1-3-8(5,6)7/h7-10,14-16,18,22H,4-6,11-13,17H2,1-3H3;6-9,11-13,15,19H,4-5,10,14,27H2,1-3H3;1-3H2. The number of hydrogen-bond acceptors (Lipinski definition) is 11. The van der Waals surface area contributed by atoms with E-state index in [0.29, 0.717) is 66.1 Å². The molecule has 4 aromatic heterocycles. The van der Waals surface area contributed by atoms with Gasteiger partial charge in [-0.05, 0) is 132 Å². The number of carbonyl (C=O) groups is 2. The SMILES string of the molecule is CC(C)(C)c1cc(-c2cc(-c3ccc(C(=O)N4CCCC(N)C4)cc3Cl)cs2)ccn1.CC(C)(C)c1cc(-c2cc(-c3ccc(C(=O)N4CCCC(N5CCCS5(=O)=O)C4)cc3Cl)cs2)ccn1.O=S(=O)(Cl)CCCCl. The number of piperidine rings is 2. The van der Waals surface area contributed by atoms with Gasteiger partial charge in [-0.3, -0.25) is 19.6 Å². The van der Waals surface area contributed by atoms with Crippen molar-refractivity contribution in [3.8, 4) is 43.1 Å². The van der Waals surface area contributed by atoms with Crippen LogP contribution in [0.1, 0.15) is 112 Å². The minimum Gasteiger partial charge on any atom is -0.337 e. The van der Waals surface area contributed by atoms with Crippen LogP contribution in [0.2, 0.25) is 10.0 Å². The number of alkyl halides is 1. The fourth-order valence-corrected chi connectivity index (χ4v) is 14.5. The molecule has 408 valence electrons. The Morgan fingerprint density at radius 3 is 1.58 bits per heavy atom. The zero-order chi connectivity index (χ0) is 55.2. The zero-order valence-corrected chi connectivity index (χ0v) is 50.0. The number of likely N-dealkylation sites (tertiary alicyclic amines) is 2. The van der Waals surface area contributed by atoms with Crippen molar-refractivity contribution in [2.75, 3.05) is 50.1 Å². The second-order valence-corrected chi connectivity index (χ2v) is 29.4. The topological polar surface area (TPSA) is 164 Å². The maximum Gasteiger partial charge on any atom is 0.253 e. The lowest BCUT2D eigenvalue weighted by Gasteiger charge is -2.36. The second kappa shape index (κ2) is 25.5. The Balaban J connectivity index is 0.000000196. The summed E-state index contributed by atoms with van der Waals surface area (Å²) in [6.45, 7) is 15.9. The summed E-state index contributed by atoms with van der Waals surface area (Å²) in [7, 11) is -1.67. The van der Waals surface area contributed by atoms with Gasteiger partial charge in [-0.15, -0.1) is 34.3 Å². The number of carbonyl (C=O) groups excluding carboxylic acids is 2. The highest BCUT2D eigenvalue weighted by molar-refractivity contribution is 8.13.